The predicted octanol–water partition coefficient (Wildman–Crippen LogP) is 3.62. The molecule has 0 aliphatic rings. The van der Waals surface area contributed by atoms with Gasteiger partial charge in [-0.2, -0.15) is 0 Å². The Morgan fingerprint density at radius 1 is 1.05 bits per heavy atom. The van der Waals surface area contributed by atoms with Crippen LogP contribution in [0.1, 0.15) is 10.4 Å². The van der Waals surface area contributed by atoms with Crippen molar-refractivity contribution in [2.45, 2.75) is 0 Å². The van der Waals surface area contributed by atoms with Crippen LogP contribution >= 0.6 is 11.6 Å². The molecule has 0 aliphatic carbocycles. The van der Waals surface area contributed by atoms with Gasteiger partial charge in [0.1, 0.15) is 25.2 Å². The summed E-state index contributed by atoms with van der Waals surface area (Å²) < 4.78 is 16.3. The van der Waals surface area contributed by atoms with Crippen LogP contribution in [-0.2, 0) is 0 Å². The van der Waals surface area contributed by atoms with E-state index < -0.39 is 0 Å². The van der Waals surface area contributed by atoms with Crippen LogP contribution in [0.2, 0.25) is 5.02 Å². The lowest BCUT2D eigenvalue weighted by Gasteiger charge is -2.11. The zero-order valence-corrected chi connectivity index (χ0v) is 12.3. The molecule has 0 spiro atoms. The first-order valence-electron chi connectivity index (χ1n) is 6.37. The van der Waals surface area contributed by atoms with Crippen molar-refractivity contribution in [3.63, 3.8) is 0 Å². The van der Waals surface area contributed by atoms with Gasteiger partial charge in [0.25, 0.3) is 0 Å². The van der Waals surface area contributed by atoms with Crippen molar-refractivity contribution in [2.24, 2.45) is 0 Å². The van der Waals surface area contributed by atoms with Gasteiger partial charge in [-0.05, 0) is 36.4 Å². The topological polar surface area (TPSA) is 44.8 Å². The maximum Gasteiger partial charge on any atom is 0.161 e. The van der Waals surface area contributed by atoms with Crippen LogP contribution in [-0.4, -0.2) is 26.6 Å². The maximum absolute atomic E-state index is 10.7. The molecule has 0 amide bonds. The molecule has 0 bridgehead atoms. The van der Waals surface area contributed by atoms with Gasteiger partial charge in [0.05, 0.1) is 7.11 Å². The van der Waals surface area contributed by atoms with E-state index in [1.807, 2.05) is 12.1 Å². The standard InChI is InChI=1S/C16H15ClO4/c1-19-16-9-12(11-18)5-6-15(16)21-8-7-20-14-4-2-3-13(17)10-14/h2-6,9-11H,7-8H2,1H3. The lowest BCUT2D eigenvalue weighted by atomic mass is 10.2. The monoisotopic (exact) mass is 306 g/mol. The molecule has 0 saturated carbocycles. The van der Waals surface area contributed by atoms with E-state index in [9.17, 15) is 4.79 Å². The highest BCUT2D eigenvalue weighted by molar-refractivity contribution is 6.30. The Morgan fingerprint density at radius 3 is 2.57 bits per heavy atom. The van der Waals surface area contributed by atoms with Gasteiger partial charge in [0.2, 0.25) is 0 Å². The summed E-state index contributed by atoms with van der Waals surface area (Å²) in [5.41, 5.74) is 0.536. The van der Waals surface area contributed by atoms with Gasteiger partial charge in [0.15, 0.2) is 11.5 Å². The van der Waals surface area contributed by atoms with Crippen LogP contribution in [0, 0.1) is 0 Å². The summed E-state index contributed by atoms with van der Waals surface area (Å²) in [5.74, 6) is 1.77. The molecule has 5 heteroatoms. The van der Waals surface area contributed by atoms with Crippen molar-refractivity contribution in [3.8, 4) is 17.2 Å². The molecule has 0 atom stereocenters. The second-order valence-corrected chi connectivity index (χ2v) is 4.62. The Bertz CT molecular complexity index is 613. The molecule has 2 rings (SSSR count). The molecule has 21 heavy (non-hydrogen) atoms. The van der Waals surface area contributed by atoms with E-state index in [-0.39, 0.29) is 0 Å². The molecule has 0 radical (unpaired) electrons. The molecule has 0 N–H and O–H groups in total. The average molecular weight is 307 g/mol. The molecule has 0 heterocycles. The smallest absolute Gasteiger partial charge is 0.161 e. The molecule has 0 saturated heterocycles. The van der Waals surface area contributed by atoms with Crippen molar-refractivity contribution in [1.29, 1.82) is 0 Å². The number of rotatable bonds is 7. The Balaban J connectivity index is 1.87. The largest absolute Gasteiger partial charge is 0.493 e. The number of ether oxygens (including phenoxy) is 3. The summed E-state index contributed by atoms with van der Waals surface area (Å²) >= 11 is 5.87. The van der Waals surface area contributed by atoms with Gasteiger partial charge in [-0.1, -0.05) is 17.7 Å². The van der Waals surface area contributed by atoms with Crippen molar-refractivity contribution in [1.82, 2.24) is 0 Å². The first kappa shape index (κ1) is 15.2. The van der Waals surface area contributed by atoms with Crippen LogP contribution in [0.15, 0.2) is 42.5 Å². The zero-order chi connectivity index (χ0) is 15.1. The number of halogens is 1. The van der Waals surface area contributed by atoms with Crippen LogP contribution in [0.5, 0.6) is 17.2 Å². The van der Waals surface area contributed by atoms with Gasteiger partial charge in [-0.15, -0.1) is 0 Å². The highest BCUT2D eigenvalue weighted by atomic mass is 35.5. The number of carbonyl (C=O) groups excluding carboxylic acids is 1. The third kappa shape index (κ3) is 4.39. The van der Waals surface area contributed by atoms with Crippen LogP contribution < -0.4 is 14.2 Å². The number of aldehydes is 1. The molecular weight excluding hydrogens is 292 g/mol. The van der Waals surface area contributed by atoms with E-state index in [0.717, 1.165) is 6.29 Å². The quantitative estimate of drug-likeness (QED) is 0.579. The Labute approximate surface area is 128 Å². The molecule has 0 aromatic heterocycles. The van der Waals surface area contributed by atoms with E-state index >= 15 is 0 Å². The summed E-state index contributed by atoms with van der Waals surface area (Å²) in [6, 6.07) is 12.2. The molecule has 2 aromatic carbocycles. The highest BCUT2D eigenvalue weighted by Crippen LogP contribution is 2.27. The fourth-order valence-corrected chi connectivity index (χ4v) is 1.92. The molecule has 0 aliphatic heterocycles. The summed E-state index contributed by atoms with van der Waals surface area (Å²) in [6.07, 6.45) is 0.758. The lowest BCUT2D eigenvalue weighted by Crippen LogP contribution is -2.09. The SMILES string of the molecule is COc1cc(C=O)ccc1OCCOc1cccc(Cl)c1. The Hall–Kier alpha value is -2.20. The summed E-state index contributed by atoms with van der Waals surface area (Å²) in [6.45, 7) is 0.724. The van der Waals surface area contributed by atoms with Gasteiger partial charge < -0.3 is 14.2 Å². The third-order valence-electron chi connectivity index (χ3n) is 2.73. The van der Waals surface area contributed by atoms with E-state index in [1.165, 1.54) is 7.11 Å². The number of methoxy groups -OCH3 is 1. The maximum atomic E-state index is 10.7. The number of hydrogen-bond donors (Lipinski definition) is 0. The highest BCUT2D eigenvalue weighted by Gasteiger charge is 2.05. The summed E-state index contributed by atoms with van der Waals surface area (Å²) in [7, 11) is 1.53. The lowest BCUT2D eigenvalue weighted by molar-refractivity contribution is 0.112. The molecule has 2 aromatic rings. The second kappa shape index (κ2) is 7.55. The van der Waals surface area contributed by atoms with Crippen molar-refractivity contribution in [2.75, 3.05) is 20.3 Å². The van der Waals surface area contributed by atoms with Crippen LogP contribution in [0.4, 0.5) is 0 Å². The first-order chi connectivity index (χ1) is 10.2. The van der Waals surface area contributed by atoms with Gasteiger partial charge in [-0.3, -0.25) is 4.79 Å². The van der Waals surface area contributed by atoms with Gasteiger partial charge >= 0.3 is 0 Å². The fraction of sp³-hybridized carbons (Fsp3) is 0.188. The van der Waals surface area contributed by atoms with Crippen molar-refractivity contribution >= 4 is 17.9 Å². The average Bonchev–Trinajstić information content (AvgIpc) is 2.51. The van der Waals surface area contributed by atoms with Crippen molar-refractivity contribution in [3.05, 3.63) is 53.1 Å². The van der Waals surface area contributed by atoms with Gasteiger partial charge in [-0.25, -0.2) is 0 Å². The first-order valence-corrected chi connectivity index (χ1v) is 6.75. The predicted molar refractivity (Wildman–Crippen MR) is 80.8 cm³/mol. The van der Waals surface area contributed by atoms with Crippen molar-refractivity contribution < 1.29 is 19.0 Å². The zero-order valence-electron chi connectivity index (χ0n) is 11.5. The van der Waals surface area contributed by atoms with E-state index in [0.29, 0.717) is 41.0 Å². The molecule has 110 valence electrons. The number of carbonyl (C=O) groups is 1. The normalized spacial score (nSPS) is 10.0. The minimum absolute atomic E-state index is 0.351. The fourth-order valence-electron chi connectivity index (χ4n) is 1.74. The van der Waals surface area contributed by atoms with E-state index in [2.05, 4.69) is 0 Å². The third-order valence-corrected chi connectivity index (χ3v) is 2.96. The minimum atomic E-state index is 0.351. The summed E-state index contributed by atoms with van der Waals surface area (Å²) in [5, 5.41) is 0.625. The Morgan fingerprint density at radius 2 is 1.86 bits per heavy atom. The van der Waals surface area contributed by atoms with E-state index in [4.69, 9.17) is 25.8 Å². The number of benzene rings is 2. The molecular formula is C16H15ClO4. The molecule has 4 nitrogen and oxygen atoms in total. The minimum Gasteiger partial charge on any atom is -0.493 e. The summed E-state index contributed by atoms with van der Waals surface area (Å²) in [4.78, 5) is 10.7. The second-order valence-electron chi connectivity index (χ2n) is 4.18. The Kier molecular flexibility index (Phi) is 5.46. The van der Waals surface area contributed by atoms with Gasteiger partial charge in [0, 0.05) is 10.6 Å². The molecule has 0 fully saturated rings. The van der Waals surface area contributed by atoms with E-state index in [1.54, 1.807) is 30.3 Å². The van der Waals surface area contributed by atoms with Crippen LogP contribution in [0.3, 0.4) is 0 Å². The molecule has 0 unspecified atom stereocenters. The number of hydrogen-bond acceptors (Lipinski definition) is 4. The van der Waals surface area contributed by atoms with Crippen LogP contribution in [0.25, 0.3) is 0 Å².